The standard InChI is InChI=1S/C25H25ClN2O6S/c1-2-33-20-13-18(12-19(26)23(20)34-16-17-6-4-3-5-7-17)14-21-24(30)28(25(31)35-21)15-22(29)27-8-10-32-11-9-27/h3-7,12-14H,2,8-11,15-16H2,1H3/b21-14+. The second-order valence-electron chi connectivity index (χ2n) is 7.80. The monoisotopic (exact) mass is 516 g/mol. The molecule has 4 rings (SSSR count). The molecule has 8 nitrogen and oxygen atoms in total. The SMILES string of the molecule is CCOc1cc(/C=C2/SC(=O)N(CC(=O)N3CCOCC3)C2=O)cc(Cl)c1OCc1ccccc1. The lowest BCUT2D eigenvalue weighted by atomic mass is 10.1. The van der Waals surface area contributed by atoms with Crippen LogP contribution in [0.3, 0.4) is 0 Å². The number of rotatable bonds is 8. The molecule has 0 unspecified atom stereocenters. The fourth-order valence-corrected chi connectivity index (χ4v) is 4.75. The van der Waals surface area contributed by atoms with Gasteiger partial charge < -0.3 is 19.1 Å². The molecule has 10 heteroatoms. The van der Waals surface area contributed by atoms with E-state index in [9.17, 15) is 14.4 Å². The van der Waals surface area contributed by atoms with Crippen molar-refractivity contribution < 1.29 is 28.6 Å². The molecule has 0 bridgehead atoms. The normalized spacial score (nSPS) is 17.3. The van der Waals surface area contributed by atoms with Crippen molar-refractivity contribution in [2.45, 2.75) is 13.5 Å². The molecule has 2 saturated heterocycles. The molecule has 2 heterocycles. The molecule has 3 amide bonds. The summed E-state index contributed by atoms with van der Waals surface area (Å²) >= 11 is 7.30. The number of thioether (sulfide) groups is 1. The quantitative estimate of drug-likeness (QED) is 0.486. The summed E-state index contributed by atoms with van der Waals surface area (Å²) in [6, 6.07) is 13.0. The molecule has 0 aliphatic carbocycles. The summed E-state index contributed by atoms with van der Waals surface area (Å²) in [5, 5.41) is -0.165. The van der Waals surface area contributed by atoms with Crippen LogP contribution in [0.5, 0.6) is 11.5 Å². The van der Waals surface area contributed by atoms with E-state index in [0.717, 1.165) is 22.2 Å². The first kappa shape index (κ1) is 25.1. The number of hydrogen-bond acceptors (Lipinski definition) is 7. The van der Waals surface area contributed by atoms with Crippen molar-refractivity contribution in [3.63, 3.8) is 0 Å². The maximum Gasteiger partial charge on any atom is 0.294 e. The summed E-state index contributed by atoms with van der Waals surface area (Å²) in [6.07, 6.45) is 1.57. The van der Waals surface area contributed by atoms with E-state index in [1.807, 2.05) is 37.3 Å². The Labute approximate surface area is 212 Å². The summed E-state index contributed by atoms with van der Waals surface area (Å²) in [4.78, 5) is 40.7. The molecule has 0 spiro atoms. The number of carbonyl (C=O) groups is 3. The Bertz CT molecular complexity index is 1130. The summed E-state index contributed by atoms with van der Waals surface area (Å²) in [6.45, 7) is 4.04. The highest BCUT2D eigenvalue weighted by Crippen LogP contribution is 2.39. The van der Waals surface area contributed by atoms with E-state index in [1.54, 1.807) is 23.1 Å². The molecule has 2 aromatic carbocycles. The highest BCUT2D eigenvalue weighted by Gasteiger charge is 2.37. The molecule has 0 saturated carbocycles. The first-order valence-corrected chi connectivity index (χ1v) is 12.4. The third-order valence-corrected chi connectivity index (χ3v) is 6.57. The van der Waals surface area contributed by atoms with Crippen LogP contribution in [0.2, 0.25) is 5.02 Å². The first-order chi connectivity index (χ1) is 17.0. The molecular formula is C25H25ClN2O6S. The van der Waals surface area contributed by atoms with Crippen molar-refractivity contribution in [3.8, 4) is 11.5 Å². The number of morpholine rings is 1. The van der Waals surface area contributed by atoms with Gasteiger partial charge in [-0.1, -0.05) is 41.9 Å². The first-order valence-electron chi connectivity index (χ1n) is 11.2. The van der Waals surface area contributed by atoms with Crippen LogP contribution in [-0.2, 0) is 20.9 Å². The van der Waals surface area contributed by atoms with Crippen LogP contribution >= 0.6 is 23.4 Å². The molecule has 0 atom stereocenters. The van der Waals surface area contributed by atoms with Crippen molar-refractivity contribution in [1.82, 2.24) is 9.80 Å². The van der Waals surface area contributed by atoms with Gasteiger partial charge in [-0.15, -0.1) is 0 Å². The highest BCUT2D eigenvalue weighted by molar-refractivity contribution is 8.18. The summed E-state index contributed by atoms with van der Waals surface area (Å²) in [5.74, 6) is 0.0428. The van der Waals surface area contributed by atoms with Crippen molar-refractivity contribution in [1.29, 1.82) is 0 Å². The predicted octanol–water partition coefficient (Wildman–Crippen LogP) is 4.21. The van der Waals surface area contributed by atoms with Gasteiger partial charge in [0, 0.05) is 13.1 Å². The molecule has 0 radical (unpaired) electrons. The number of imide groups is 1. The van der Waals surface area contributed by atoms with E-state index in [-0.39, 0.29) is 17.4 Å². The average molecular weight is 517 g/mol. The van der Waals surface area contributed by atoms with Gasteiger partial charge in [-0.25, -0.2) is 0 Å². The van der Waals surface area contributed by atoms with Crippen molar-refractivity contribution in [2.75, 3.05) is 39.5 Å². The topological polar surface area (TPSA) is 85.4 Å². The van der Waals surface area contributed by atoms with Gasteiger partial charge in [-0.05, 0) is 48.0 Å². The van der Waals surface area contributed by atoms with Gasteiger partial charge in [-0.2, -0.15) is 0 Å². The Kier molecular flexibility index (Phi) is 8.33. The number of ether oxygens (including phenoxy) is 3. The minimum atomic E-state index is -0.514. The molecule has 0 N–H and O–H groups in total. The zero-order valence-electron chi connectivity index (χ0n) is 19.2. The van der Waals surface area contributed by atoms with E-state index in [2.05, 4.69) is 0 Å². The lowest BCUT2D eigenvalue weighted by molar-refractivity contribution is -0.139. The van der Waals surface area contributed by atoms with Crippen molar-refractivity contribution >= 4 is 46.5 Å². The van der Waals surface area contributed by atoms with E-state index in [4.69, 9.17) is 25.8 Å². The Morgan fingerprint density at radius 3 is 2.60 bits per heavy atom. The molecule has 0 aromatic heterocycles. The van der Waals surface area contributed by atoms with E-state index in [1.165, 1.54) is 0 Å². The number of carbonyl (C=O) groups excluding carboxylic acids is 3. The van der Waals surface area contributed by atoms with Gasteiger partial charge >= 0.3 is 0 Å². The molecule has 2 aromatic rings. The van der Waals surface area contributed by atoms with Crippen LogP contribution in [0, 0.1) is 0 Å². The Morgan fingerprint density at radius 1 is 1.14 bits per heavy atom. The van der Waals surface area contributed by atoms with Crippen LogP contribution in [0.1, 0.15) is 18.1 Å². The molecule has 2 fully saturated rings. The number of benzene rings is 2. The highest BCUT2D eigenvalue weighted by atomic mass is 35.5. The third kappa shape index (κ3) is 6.17. The largest absolute Gasteiger partial charge is 0.490 e. The van der Waals surface area contributed by atoms with Crippen molar-refractivity contribution in [2.24, 2.45) is 0 Å². The summed E-state index contributed by atoms with van der Waals surface area (Å²) < 4.78 is 16.9. The second kappa shape index (κ2) is 11.6. The zero-order chi connectivity index (χ0) is 24.8. The van der Waals surface area contributed by atoms with Crippen LogP contribution < -0.4 is 9.47 Å². The number of nitrogens with zero attached hydrogens (tertiary/aromatic N) is 2. The minimum Gasteiger partial charge on any atom is -0.490 e. The maximum atomic E-state index is 12.9. The Morgan fingerprint density at radius 2 is 1.89 bits per heavy atom. The number of hydrogen-bond donors (Lipinski definition) is 0. The van der Waals surface area contributed by atoms with Crippen molar-refractivity contribution in [3.05, 3.63) is 63.5 Å². The van der Waals surface area contributed by atoms with Gasteiger partial charge in [0.05, 0.1) is 29.7 Å². The predicted molar refractivity (Wildman–Crippen MR) is 133 cm³/mol. The smallest absolute Gasteiger partial charge is 0.294 e. The van der Waals surface area contributed by atoms with Crippen LogP contribution in [0.4, 0.5) is 4.79 Å². The van der Waals surface area contributed by atoms with Crippen LogP contribution in [0.15, 0.2) is 47.4 Å². The second-order valence-corrected chi connectivity index (χ2v) is 9.20. The molecule has 2 aliphatic heterocycles. The molecular weight excluding hydrogens is 492 g/mol. The van der Waals surface area contributed by atoms with Gasteiger partial charge in [0.2, 0.25) is 5.91 Å². The Hall–Kier alpha value is -3.01. The summed E-state index contributed by atoms with van der Waals surface area (Å²) in [5.41, 5.74) is 1.56. The number of amides is 3. The fourth-order valence-electron chi connectivity index (χ4n) is 3.64. The number of halogens is 1. The lowest BCUT2D eigenvalue weighted by Gasteiger charge is -2.28. The van der Waals surface area contributed by atoms with E-state index >= 15 is 0 Å². The minimum absolute atomic E-state index is 0.209. The van der Waals surface area contributed by atoms with Crippen LogP contribution in [0.25, 0.3) is 6.08 Å². The molecule has 184 valence electrons. The Balaban J connectivity index is 1.50. The zero-order valence-corrected chi connectivity index (χ0v) is 20.8. The third-order valence-electron chi connectivity index (χ3n) is 5.39. The lowest BCUT2D eigenvalue weighted by Crippen LogP contribution is -2.46. The summed E-state index contributed by atoms with van der Waals surface area (Å²) in [7, 11) is 0. The van der Waals surface area contributed by atoms with E-state index in [0.29, 0.717) is 61.6 Å². The molecule has 2 aliphatic rings. The molecule has 35 heavy (non-hydrogen) atoms. The maximum absolute atomic E-state index is 12.9. The van der Waals surface area contributed by atoms with Gasteiger partial charge in [0.25, 0.3) is 11.1 Å². The van der Waals surface area contributed by atoms with E-state index < -0.39 is 11.1 Å². The van der Waals surface area contributed by atoms with Crippen LogP contribution in [-0.4, -0.2) is 66.3 Å². The van der Waals surface area contributed by atoms with Gasteiger partial charge in [0.1, 0.15) is 13.2 Å². The van der Waals surface area contributed by atoms with Gasteiger partial charge in [-0.3, -0.25) is 19.3 Å². The average Bonchev–Trinajstić information content (AvgIpc) is 3.12. The van der Waals surface area contributed by atoms with Gasteiger partial charge in [0.15, 0.2) is 11.5 Å². The fraction of sp³-hybridized carbons (Fsp3) is 0.320.